The van der Waals surface area contributed by atoms with Crippen molar-refractivity contribution in [3.63, 3.8) is 0 Å². The number of hydrogen-bond acceptors (Lipinski definition) is 2. The predicted octanol–water partition coefficient (Wildman–Crippen LogP) is 9.36. The Balaban J connectivity index is 0.000000513. The van der Waals surface area contributed by atoms with Gasteiger partial charge in [-0.1, -0.05) is 95.2 Å². The maximum absolute atomic E-state index is 11.3. The van der Waals surface area contributed by atoms with Crippen LogP contribution in [-0.2, 0) is 0 Å². The first-order valence-corrected chi connectivity index (χ1v) is 12.3. The molecule has 0 saturated carbocycles. The Morgan fingerprint density at radius 3 is 1.88 bits per heavy atom. The Bertz CT molecular complexity index is 890. The largest absolute Gasteiger partial charge is 0.344 e. The van der Waals surface area contributed by atoms with Crippen LogP contribution in [0.1, 0.15) is 88.6 Å². The van der Waals surface area contributed by atoms with E-state index in [9.17, 15) is 4.79 Å². The monoisotopic (exact) mass is 466 g/mol. The number of nitrogens with zero attached hydrogens (tertiary/aromatic N) is 1. The SMILES string of the molecule is C=C/C=C(\N=C(C)Nc1ccc(C(C)=O)cc1)c1ccc(Cl)cc1.CCCCCCCCC. The lowest BCUT2D eigenvalue weighted by Gasteiger charge is -2.08. The molecule has 0 amide bonds. The van der Waals surface area contributed by atoms with E-state index in [1.54, 1.807) is 25.1 Å². The van der Waals surface area contributed by atoms with Gasteiger partial charge in [0.1, 0.15) is 5.84 Å². The summed E-state index contributed by atoms with van der Waals surface area (Å²) in [5.74, 6) is 0.777. The van der Waals surface area contributed by atoms with Crippen LogP contribution >= 0.6 is 11.6 Å². The van der Waals surface area contributed by atoms with Crippen LogP contribution in [0, 0.1) is 0 Å². The molecule has 0 radical (unpaired) electrons. The van der Waals surface area contributed by atoms with Crippen molar-refractivity contribution in [2.75, 3.05) is 5.32 Å². The van der Waals surface area contributed by atoms with Gasteiger partial charge in [0.15, 0.2) is 5.78 Å². The van der Waals surface area contributed by atoms with E-state index < -0.39 is 0 Å². The fourth-order valence-electron chi connectivity index (χ4n) is 3.17. The second-order valence-corrected chi connectivity index (χ2v) is 8.45. The van der Waals surface area contributed by atoms with Gasteiger partial charge in [0.25, 0.3) is 0 Å². The topological polar surface area (TPSA) is 41.5 Å². The number of allylic oxidation sites excluding steroid dienone is 2. The van der Waals surface area contributed by atoms with Crippen molar-refractivity contribution >= 4 is 34.6 Å². The normalized spacial score (nSPS) is 11.4. The highest BCUT2D eigenvalue weighted by molar-refractivity contribution is 6.30. The fraction of sp³-hybridized carbons (Fsp3) is 0.379. The number of Topliss-reactive ketones (excluding diaryl/α,β-unsaturated/α-hetero) is 1. The average Bonchev–Trinajstić information content (AvgIpc) is 2.80. The molecule has 178 valence electrons. The summed E-state index contributed by atoms with van der Waals surface area (Å²) in [4.78, 5) is 15.9. The summed E-state index contributed by atoms with van der Waals surface area (Å²) in [6.07, 6.45) is 13.5. The molecule has 0 saturated heterocycles. The number of hydrogen-bond donors (Lipinski definition) is 1. The molecule has 0 bridgehead atoms. The van der Waals surface area contributed by atoms with Crippen molar-refractivity contribution in [1.82, 2.24) is 0 Å². The molecule has 0 fully saturated rings. The van der Waals surface area contributed by atoms with Crippen LogP contribution in [0.4, 0.5) is 5.69 Å². The number of carbonyl (C=O) groups excluding carboxylic acids is 1. The minimum absolute atomic E-state index is 0.0471. The Morgan fingerprint density at radius 2 is 1.39 bits per heavy atom. The molecule has 0 aliphatic carbocycles. The highest BCUT2D eigenvalue weighted by atomic mass is 35.5. The molecule has 0 heterocycles. The number of aliphatic imine (C=N–C) groups is 1. The molecule has 0 spiro atoms. The molecule has 3 nitrogen and oxygen atoms in total. The molecule has 2 aromatic rings. The molecule has 1 N–H and O–H groups in total. The van der Waals surface area contributed by atoms with Gasteiger partial charge in [-0.05, 0) is 56.3 Å². The van der Waals surface area contributed by atoms with Crippen molar-refractivity contribution < 1.29 is 4.79 Å². The number of benzene rings is 2. The number of anilines is 1. The van der Waals surface area contributed by atoms with Crippen molar-refractivity contribution in [1.29, 1.82) is 0 Å². The highest BCUT2D eigenvalue weighted by Crippen LogP contribution is 2.20. The number of carbonyl (C=O) groups is 1. The first kappa shape index (κ1) is 28.4. The van der Waals surface area contributed by atoms with Crippen LogP contribution in [0.15, 0.2) is 72.3 Å². The van der Waals surface area contributed by atoms with Crippen LogP contribution in [0.2, 0.25) is 5.02 Å². The second kappa shape index (κ2) is 16.9. The zero-order valence-electron chi connectivity index (χ0n) is 20.7. The Labute approximate surface area is 205 Å². The van der Waals surface area contributed by atoms with Crippen LogP contribution in [0.5, 0.6) is 0 Å². The minimum atomic E-state index is 0.0471. The molecular weight excluding hydrogens is 428 g/mol. The predicted molar refractivity (Wildman–Crippen MR) is 146 cm³/mol. The van der Waals surface area contributed by atoms with E-state index in [0.29, 0.717) is 10.6 Å². The van der Waals surface area contributed by atoms with E-state index in [1.807, 2.05) is 49.4 Å². The van der Waals surface area contributed by atoms with Crippen LogP contribution in [0.3, 0.4) is 0 Å². The van der Waals surface area contributed by atoms with Crippen LogP contribution in [-0.4, -0.2) is 11.6 Å². The molecule has 0 atom stereocenters. The van der Waals surface area contributed by atoms with Gasteiger partial charge in [0, 0.05) is 21.8 Å². The number of nitrogens with one attached hydrogen (secondary N) is 1. The lowest BCUT2D eigenvalue weighted by atomic mass is 10.1. The van der Waals surface area contributed by atoms with Crippen LogP contribution < -0.4 is 5.32 Å². The van der Waals surface area contributed by atoms with Crippen molar-refractivity contribution in [2.24, 2.45) is 4.99 Å². The van der Waals surface area contributed by atoms with Crippen molar-refractivity contribution in [2.45, 2.75) is 72.6 Å². The fourth-order valence-corrected chi connectivity index (χ4v) is 3.29. The number of unbranched alkanes of at least 4 members (excludes halogenated alkanes) is 6. The van der Waals surface area contributed by atoms with Gasteiger partial charge in [-0.15, -0.1) is 0 Å². The van der Waals surface area contributed by atoms with Gasteiger partial charge >= 0.3 is 0 Å². The molecule has 0 aliphatic heterocycles. The van der Waals surface area contributed by atoms with Gasteiger partial charge in [0.05, 0.1) is 5.70 Å². The maximum Gasteiger partial charge on any atom is 0.159 e. The molecule has 0 aliphatic rings. The molecule has 0 aromatic heterocycles. The molecule has 0 unspecified atom stereocenters. The summed E-state index contributed by atoms with van der Waals surface area (Å²) < 4.78 is 0. The highest BCUT2D eigenvalue weighted by Gasteiger charge is 2.03. The Kier molecular flexibility index (Phi) is 14.5. The molecule has 33 heavy (non-hydrogen) atoms. The summed E-state index contributed by atoms with van der Waals surface area (Å²) in [6.45, 7) is 11.7. The molecule has 4 heteroatoms. The molecular formula is C29H39ClN2O. The first-order chi connectivity index (χ1) is 15.9. The summed E-state index contributed by atoms with van der Waals surface area (Å²) >= 11 is 5.93. The minimum Gasteiger partial charge on any atom is -0.344 e. The quantitative estimate of drug-likeness (QED) is 0.118. The third-order valence-electron chi connectivity index (χ3n) is 5.03. The summed E-state index contributed by atoms with van der Waals surface area (Å²) in [7, 11) is 0. The number of rotatable bonds is 11. The molecule has 2 rings (SSSR count). The molecule has 2 aromatic carbocycles. The van der Waals surface area contributed by atoms with E-state index >= 15 is 0 Å². The van der Waals surface area contributed by atoms with Crippen molar-refractivity contribution in [3.05, 3.63) is 83.4 Å². The summed E-state index contributed by atoms with van der Waals surface area (Å²) in [6, 6.07) is 14.8. The number of amidine groups is 1. The standard InChI is InChI=1S/C20H19ClN2O.C9H20/c1-4-5-20(17-6-10-18(21)11-7-17)23-15(3)22-19-12-8-16(9-13-19)14(2)24;1-3-5-7-9-8-6-4-2/h4-13H,1H2,2-3H3,(H,22,23);3-9H2,1-2H3/b20-5-;. The summed E-state index contributed by atoms with van der Waals surface area (Å²) in [5, 5.41) is 3.90. The van der Waals surface area contributed by atoms with E-state index in [-0.39, 0.29) is 5.78 Å². The van der Waals surface area contributed by atoms with Gasteiger partial charge in [-0.25, -0.2) is 4.99 Å². The second-order valence-electron chi connectivity index (χ2n) is 8.02. The van der Waals surface area contributed by atoms with Gasteiger partial charge in [-0.3, -0.25) is 4.79 Å². The van der Waals surface area contributed by atoms with Crippen molar-refractivity contribution in [3.8, 4) is 0 Å². The summed E-state index contributed by atoms with van der Waals surface area (Å²) in [5.41, 5.74) is 3.29. The van der Waals surface area contributed by atoms with E-state index in [1.165, 1.54) is 44.9 Å². The third-order valence-corrected chi connectivity index (χ3v) is 5.28. The number of halogens is 1. The third kappa shape index (κ3) is 12.2. The zero-order chi connectivity index (χ0) is 24.5. The Hall–Kier alpha value is -2.65. The zero-order valence-corrected chi connectivity index (χ0v) is 21.4. The van der Waals surface area contributed by atoms with Crippen LogP contribution in [0.25, 0.3) is 5.70 Å². The smallest absolute Gasteiger partial charge is 0.159 e. The Morgan fingerprint density at radius 1 is 0.879 bits per heavy atom. The lowest BCUT2D eigenvalue weighted by Crippen LogP contribution is -2.07. The first-order valence-electron chi connectivity index (χ1n) is 11.9. The lowest BCUT2D eigenvalue weighted by molar-refractivity contribution is 0.101. The van der Waals surface area contributed by atoms with E-state index in [4.69, 9.17) is 11.6 Å². The maximum atomic E-state index is 11.3. The number of ketones is 1. The van der Waals surface area contributed by atoms with Gasteiger partial charge < -0.3 is 5.32 Å². The van der Waals surface area contributed by atoms with E-state index in [2.05, 4.69) is 30.7 Å². The van der Waals surface area contributed by atoms with E-state index in [0.717, 1.165) is 22.8 Å². The van der Waals surface area contributed by atoms with Gasteiger partial charge in [0.2, 0.25) is 0 Å². The average molecular weight is 467 g/mol. The van der Waals surface area contributed by atoms with Gasteiger partial charge in [-0.2, -0.15) is 0 Å².